The molecule has 48 heavy (non-hydrogen) atoms. The third kappa shape index (κ3) is 4.27. The Hall–Kier alpha value is -5.83. The van der Waals surface area contributed by atoms with Crippen LogP contribution in [0.4, 0.5) is 0 Å². The summed E-state index contributed by atoms with van der Waals surface area (Å²) in [5.41, 5.74) is 13.7. The van der Waals surface area contributed by atoms with Crippen LogP contribution in [-0.4, -0.2) is 4.57 Å². The van der Waals surface area contributed by atoms with E-state index in [0.29, 0.717) is 0 Å². The van der Waals surface area contributed by atoms with Crippen molar-refractivity contribution in [2.75, 3.05) is 0 Å². The van der Waals surface area contributed by atoms with E-state index in [1.807, 2.05) is 11.8 Å². The Bertz CT molecular complexity index is 2670. The van der Waals surface area contributed by atoms with Crippen LogP contribution >= 0.6 is 11.8 Å². The highest BCUT2D eigenvalue weighted by molar-refractivity contribution is 7.99. The Kier molecular flexibility index (Phi) is 6.18. The van der Waals surface area contributed by atoms with E-state index in [-0.39, 0.29) is 0 Å². The van der Waals surface area contributed by atoms with Crippen LogP contribution in [0.1, 0.15) is 0 Å². The van der Waals surface area contributed by atoms with E-state index in [1.54, 1.807) is 0 Å². The van der Waals surface area contributed by atoms with Crippen molar-refractivity contribution in [2.45, 2.75) is 9.79 Å². The first-order chi connectivity index (χ1) is 23.8. The lowest BCUT2D eigenvalue weighted by molar-refractivity contribution is 1.18. The molecule has 0 spiro atoms. The molecule has 2 heterocycles. The second kappa shape index (κ2) is 10.9. The summed E-state index contributed by atoms with van der Waals surface area (Å²) in [6.45, 7) is 0. The highest BCUT2D eigenvalue weighted by atomic mass is 32.2. The molecule has 2 heteroatoms. The van der Waals surface area contributed by atoms with Gasteiger partial charge in [0.25, 0.3) is 0 Å². The number of fused-ring (bicyclic) bond motifs is 5. The number of benzene rings is 8. The fourth-order valence-corrected chi connectivity index (χ4v) is 8.65. The zero-order valence-corrected chi connectivity index (χ0v) is 26.9. The standard InChI is InChI=1S/C46H29NS/c1-3-10-30(11-4-1)34-23-26-44-41(29-34)39-16-9-15-38-36(24-27-45(48-44)46(38)39)32-20-18-31(19-21-32)33-22-25-43-40(28-33)37-14-7-8-17-42(37)47(43)35-12-5-2-6-13-35/h1-29H. The maximum absolute atomic E-state index is 2.37. The summed E-state index contributed by atoms with van der Waals surface area (Å²) in [4.78, 5) is 2.64. The molecular formula is C46H29NS. The smallest absolute Gasteiger partial charge is 0.0541 e. The summed E-state index contributed by atoms with van der Waals surface area (Å²) >= 11 is 1.88. The molecule has 0 amide bonds. The van der Waals surface area contributed by atoms with E-state index in [9.17, 15) is 0 Å². The van der Waals surface area contributed by atoms with Gasteiger partial charge in [0.2, 0.25) is 0 Å². The number of para-hydroxylation sites is 2. The van der Waals surface area contributed by atoms with Crippen molar-refractivity contribution in [3.63, 3.8) is 0 Å². The first kappa shape index (κ1) is 27.3. The fraction of sp³-hybridized carbons (Fsp3) is 0. The molecule has 0 unspecified atom stereocenters. The van der Waals surface area contributed by atoms with Gasteiger partial charge in [-0.2, -0.15) is 0 Å². The Morgan fingerprint density at radius 2 is 0.958 bits per heavy atom. The molecule has 1 aromatic heterocycles. The average molecular weight is 628 g/mol. The minimum Gasteiger partial charge on any atom is -0.309 e. The molecule has 0 saturated heterocycles. The van der Waals surface area contributed by atoms with Gasteiger partial charge in [0, 0.05) is 31.6 Å². The largest absolute Gasteiger partial charge is 0.309 e. The van der Waals surface area contributed by atoms with E-state index in [0.717, 1.165) is 0 Å². The second-order valence-corrected chi connectivity index (χ2v) is 13.6. The lowest BCUT2D eigenvalue weighted by Crippen LogP contribution is -1.95. The molecule has 8 aromatic carbocycles. The van der Waals surface area contributed by atoms with Gasteiger partial charge in [-0.1, -0.05) is 139 Å². The number of nitrogens with zero attached hydrogens (tertiary/aromatic N) is 1. The molecule has 1 nitrogen and oxygen atoms in total. The number of aromatic nitrogens is 1. The SMILES string of the molecule is c1ccc(-c2ccc3c(c2)-c2cccc4c(-c5ccc(-c6ccc7c(c6)c6ccccc6n7-c6ccccc6)cc5)ccc(c24)S3)cc1. The Balaban J connectivity index is 1.05. The van der Waals surface area contributed by atoms with Gasteiger partial charge >= 0.3 is 0 Å². The molecule has 10 rings (SSSR count). The predicted molar refractivity (Wildman–Crippen MR) is 204 cm³/mol. The molecule has 0 bridgehead atoms. The molecule has 0 atom stereocenters. The molecule has 0 radical (unpaired) electrons. The van der Waals surface area contributed by atoms with E-state index < -0.39 is 0 Å². The lowest BCUT2D eigenvalue weighted by Gasteiger charge is -2.22. The summed E-state index contributed by atoms with van der Waals surface area (Å²) in [5.74, 6) is 0. The van der Waals surface area contributed by atoms with Gasteiger partial charge in [-0.15, -0.1) is 0 Å². The van der Waals surface area contributed by atoms with E-state index in [1.165, 1.54) is 92.6 Å². The highest BCUT2D eigenvalue weighted by Gasteiger charge is 2.21. The molecule has 0 aliphatic carbocycles. The van der Waals surface area contributed by atoms with Crippen LogP contribution < -0.4 is 0 Å². The molecule has 0 fully saturated rings. The summed E-state index contributed by atoms with van der Waals surface area (Å²) in [6.07, 6.45) is 0. The lowest BCUT2D eigenvalue weighted by atomic mass is 9.90. The molecule has 1 aliphatic rings. The minimum atomic E-state index is 1.18. The fourth-order valence-electron chi connectivity index (χ4n) is 7.54. The van der Waals surface area contributed by atoms with Gasteiger partial charge in [0.15, 0.2) is 0 Å². The maximum atomic E-state index is 2.37. The average Bonchev–Trinajstić information content (AvgIpc) is 3.49. The van der Waals surface area contributed by atoms with Gasteiger partial charge in [-0.3, -0.25) is 0 Å². The summed E-state index contributed by atoms with van der Waals surface area (Å²) < 4.78 is 2.37. The first-order valence-corrected chi connectivity index (χ1v) is 17.2. The third-order valence-electron chi connectivity index (χ3n) is 9.82. The van der Waals surface area contributed by atoms with Crippen molar-refractivity contribution in [1.29, 1.82) is 0 Å². The third-order valence-corrected chi connectivity index (χ3v) is 11.0. The van der Waals surface area contributed by atoms with Crippen LogP contribution in [-0.2, 0) is 0 Å². The zero-order chi connectivity index (χ0) is 31.6. The molecule has 0 saturated carbocycles. The monoisotopic (exact) mass is 627 g/mol. The van der Waals surface area contributed by atoms with Crippen LogP contribution in [0.15, 0.2) is 186 Å². The van der Waals surface area contributed by atoms with Crippen molar-refractivity contribution in [1.82, 2.24) is 4.57 Å². The van der Waals surface area contributed by atoms with Gasteiger partial charge in [-0.05, 0) is 98.4 Å². The Morgan fingerprint density at radius 1 is 0.333 bits per heavy atom. The van der Waals surface area contributed by atoms with Gasteiger partial charge in [0.05, 0.1) is 11.0 Å². The molecular weight excluding hydrogens is 599 g/mol. The Labute approximate surface area is 283 Å². The van der Waals surface area contributed by atoms with Crippen LogP contribution in [0.3, 0.4) is 0 Å². The minimum absolute atomic E-state index is 1.18. The summed E-state index contributed by atoms with van der Waals surface area (Å²) in [5, 5.41) is 5.19. The van der Waals surface area contributed by atoms with Crippen LogP contribution in [0, 0.1) is 0 Å². The van der Waals surface area contributed by atoms with Crippen LogP contribution in [0.25, 0.3) is 82.8 Å². The zero-order valence-electron chi connectivity index (χ0n) is 26.1. The van der Waals surface area contributed by atoms with Crippen molar-refractivity contribution >= 4 is 44.3 Å². The van der Waals surface area contributed by atoms with Crippen LogP contribution in [0.2, 0.25) is 0 Å². The van der Waals surface area contributed by atoms with E-state index in [4.69, 9.17) is 0 Å². The normalized spacial score (nSPS) is 12.1. The predicted octanol–water partition coefficient (Wildman–Crippen LogP) is 13.1. The van der Waals surface area contributed by atoms with E-state index in [2.05, 4.69) is 180 Å². The Morgan fingerprint density at radius 3 is 1.81 bits per heavy atom. The van der Waals surface area contributed by atoms with Crippen LogP contribution in [0.5, 0.6) is 0 Å². The van der Waals surface area contributed by atoms with Crippen molar-refractivity contribution in [3.8, 4) is 50.2 Å². The number of rotatable bonds is 4. The van der Waals surface area contributed by atoms with Gasteiger partial charge in [-0.25, -0.2) is 0 Å². The second-order valence-electron chi connectivity index (χ2n) is 12.5. The summed E-state index contributed by atoms with van der Waals surface area (Å²) in [6, 6.07) is 64.4. The molecule has 0 N–H and O–H groups in total. The molecule has 9 aromatic rings. The van der Waals surface area contributed by atoms with Crippen molar-refractivity contribution in [3.05, 3.63) is 176 Å². The molecule has 224 valence electrons. The molecule has 1 aliphatic heterocycles. The van der Waals surface area contributed by atoms with Crippen molar-refractivity contribution in [2.24, 2.45) is 0 Å². The summed E-state index contributed by atoms with van der Waals surface area (Å²) in [7, 11) is 0. The number of hydrogen-bond donors (Lipinski definition) is 0. The first-order valence-electron chi connectivity index (χ1n) is 16.4. The topological polar surface area (TPSA) is 4.93 Å². The van der Waals surface area contributed by atoms with Gasteiger partial charge in [0.1, 0.15) is 0 Å². The van der Waals surface area contributed by atoms with E-state index >= 15 is 0 Å². The van der Waals surface area contributed by atoms with Crippen molar-refractivity contribution < 1.29 is 0 Å². The maximum Gasteiger partial charge on any atom is 0.0541 e. The quantitative estimate of drug-likeness (QED) is 0.188. The van der Waals surface area contributed by atoms with Gasteiger partial charge < -0.3 is 4.57 Å². The number of hydrogen-bond acceptors (Lipinski definition) is 1. The highest BCUT2D eigenvalue weighted by Crippen LogP contribution is 2.50.